The van der Waals surface area contributed by atoms with Crippen LogP contribution < -0.4 is 5.32 Å². The van der Waals surface area contributed by atoms with Gasteiger partial charge in [0.2, 0.25) is 0 Å². The van der Waals surface area contributed by atoms with Gasteiger partial charge in [0.15, 0.2) is 5.76 Å². The predicted octanol–water partition coefficient (Wildman–Crippen LogP) is 1.85. The second-order valence-electron chi connectivity index (χ2n) is 4.21. The molecule has 0 saturated heterocycles. The molecular formula is C13H15NO3. The lowest BCUT2D eigenvalue weighted by Gasteiger charge is -2.04. The summed E-state index contributed by atoms with van der Waals surface area (Å²) in [6.07, 6.45) is -0.564. The minimum Gasteiger partial charge on any atom is -0.451 e. The van der Waals surface area contributed by atoms with Crippen LogP contribution in [0.1, 0.15) is 23.0 Å². The number of benzene rings is 1. The zero-order valence-corrected chi connectivity index (χ0v) is 9.86. The maximum Gasteiger partial charge on any atom is 0.287 e. The molecule has 90 valence electrons. The van der Waals surface area contributed by atoms with Crippen LogP contribution in [0.4, 0.5) is 0 Å². The second kappa shape index (κ2) is 4.59. The molecule has 1 atom stereocenters. The topological polar surface area (TPSA) is 62.5 Å². The monoisotopic (exact) mass is 233 g/mol. The van der Waals surface area contributed by atoms with Gasteiger partial charge < -0.3 is 14.8 Å². The molecule has 1 heterocycles. The molecule has 0 aliphatic carbocycles. The molecule has 1 aromatic heterocycles. The molecule has 4 nitrogen and oxygen atoms in total. The van der Waals surface area contributed by atoms with E-state index < -0.39 is 6.10 Å². The maximum atomic E-state index is 11.7. The Labute approximate surface area is 99.2 Å². The normalized spacial score (nSPS) is 12.6. The predicted molar refractivity (Wildman–Crippen MR) is 65.0 cm³/mol. The first kappa shape index (κ1) is 11.7. The van der Waals surface area contributed by atoms with Crippen LogP contribution in [0.25, 0.3) is 11.0 Å². The van der Waals surface area contributed by atoms with Gasteiger partial charge in [0.1, 0.15) is 5.58 Å². The van der Waals surface area contributed by atoms with Crippen molar-refractivity contribution in [3.8, 4) is 0 Å². The smallest absolute Gasteiger partial charge is 0.287 e. The van der Waals surface area contributed by atoms with Crippen LogP contribution in [0.3, 0.4) is 0 Å². The summed E-state index contributed by atoms with van der Waals surface area (Å²) in [5.74, 6) is -0.0361. The molecule has 4 heteroatoms. The quantitative estimate of drug-likeness (QED) is 0.850. The molecule has 0 aliphatic rings. The maximum absolute atomic E-state index is 11.7. The Hall–Kier alpha value is -1.81. The highest BCUT2D eigenvalue weighted by Gasteiger charge is 2.12. The fourth-order valence-corrected chi connectivity index (χ4v) is 1.58. The van der Waals surface area contributed by atoms with Crippen molar-refractivity contribution in [1.82, 2.24) is 5.32 Å². The van der Waals surface area contributed by atoms with E-state index in [0.717, 1.165) is 10.9 Å². The Morgan fingerprint density at radius 3 is 2.94 bits per heavy atom. The second-order valence-corrected chi connectivity index (χ2v) is 4.21. The first-order valence-corrected chi connectivity index (χ1v) is 5.53. The Morgan fingerprint density at radius 2 is 2.24 bits per heavy atom. The number of nitrogens with one attached hydrogen (secondary N) is 1. The lowest BCUT2D eigenvalue weighted by atomic mass is 10.2. The zero-order chi connectivity index (χ0) is 12.4. The fourth-order valence-electron chi connectivity index (χ4n) is 1.58. The molecule has 2 rings (SSSR count). The average molecular weight is 233 g/mol. The molecule has 0 saturated carbocycles. The molecule has 1 aromatic carbocycles. The van der Waals surface area contributed by atoms with Crippen molar-refractivity contribution in [1.29, 1.82) is 0 Å². The summed E-state index contributed by atoms with van der Waals surface area (Å²) >= 11 is 0. The van der Waals surface area contributed by atoms with E-state index in [0.29, 0.717) is 5.58 Å². The third kappa shape index (κ3) is 2.65. The third-order valence-corrected chi connectivity index (χ3v) is 2.46. The van der Waals surface area contributed by atoms with E-state index in [1.807, 2.05) is 25.1 Å². The molecule has 2 aromatic rings. The van der Waals surface area contributed by atoms with Gasteiger partial charge in [-0.1, -0.05) is 12.1 Å². The van der Waals surface area contributed by atoms with E-state index in [4.69, 9.17) is 9.52 Å². The Kier molecular flexibility index (Phi) is 3.15. The lowest BCUT2D eigenvalue weighted by Crippen LogP contribution is -2.30. The van der Waals surface area contributed by atoms with E-state index in [-0.39, 0.29) is 18.2 Å². The van der Waals surface area contributed by atoms with Crippen molar-refractivity contribution in [3.05, 3.63) is 35.6 Å². The first-order valence-electron chi connectivity index (χ1n) is 5.53. The number of amides is 1. The molecule has 0 bridgehead atoms. The number of furan rings is 1. The van der Waals surface area contributed by atoms with Crippen molar-refractivity contribution in [2.45, 2.75) is 20.0 Å². The molecule has 0 aliphatic heterocycles. The van der Waals surface area contributed by atoms with Crippen molar-refractivity contribution >= 4 is 16.9 Å². The van der Waals surface area contributed by atoms with Gasteiger partial charge in [-0.2, -0.15) is 0 Å². The van der Waals surface area contributed by atoms with Gasteiger partial charge in [0, 0.05) is 11.9 Å². The highest BCUT2D eigenvalue weighted by atomic mass is 16.3. The number of carbonyl (C=O) groups excluding carboxylic acids is 1. The summed E-state index contributed by atoms with van der Waals surface area (Å²) in [4.78, 5) is 11.7. The van der Waals surface area contributed by atoms with Gasteiger partial charge in [0.05, 0.1) is 6.10 Å². The Bertz CT molecular complexity index is 543. The molecule has 17 heavy (non-hydrogen) atoms. The van der Waals surface area contributed by atoms with Gasteiger partial charge in [-0.15, -0.1) is 0 Å². The van der Waals surface area contributed by atoms with E-state index in [1.54, 1.807) is 13.0 Å². The average Bonchev–Trinajstić information content (AvgIpc) is 2.68. The summed E-state index contributed by atoms with van der Waals surface area (Å²) in [7, 11) is 0. The molecule has 1 unspecified atom stereocenters. The van der Waals surface area contributed by atoms with Crippen LogP contribution in [0.2, 0.25) is 0 Å². The van der Waals surface area contributed by atoms with Crippen molar-refractivity contribution < 1.29 is 14.3 Å². The van der Waals surface area contributed by atoms with E-state index in [9.17, 15) is 4.79 Å². The largest absolute Gasteiger partial charge is 0.451 e. The highest BCUT2D eigenvalue weighted by molar-refractivity contribution is 5.96. The molecular weight excluding hydrogens is 218 g/mol. The van der Waals surface area contributed by atoms with Crippen LogP contribution in [0.5, 0.6) is 0 Å². The summed E-state index contributed by atoms with van der Waals surface area (Å²) < 4.78 is 5.45. The summed E-state index contributed by atoms with van der Waals surface area (Å²) in [6.45, 7) is 3.80. The van der Waals surface area contributed by atoms with Crippen molar-refractivity contribution in [3.63, 3.8) is 0 Å². The highest BCUT2D eigenvalue weighted by Crippen LogP contribution is 2.20. The lowest BCUT2D eigenvalue weighted by molar-refractivity contribution is 0.0898. The number of hydrogen-bond donors (Lipinski definition) is 2. The van der Waals surface area contributed by atoms with E-state index in [1.165, 1.54) is 0 Å². The number of fused-ring (bicyclic) bond motifs is 1. The molecule has 0 radical (unpaired) electrons. The summed E-state index contributed by atoms with van der Waals surface area (Å²) in [6, 6.07) is 7.47. The molecule has 0 fully saturated rings. The van der Waals surface area contributed by atoms with Gasteiger partial charge >= 0.3 is 0 Å². The number of aryl methyl sites for hydroxylation is 1. The first-order chi connectivity index (χ1) is 8.06. The molecule has 0 spiro atoms. The van der Waals surface area contributed by atoms with E-state index in [2.05, 4.69) is 5.32 Å². The van der Waals surface area contributed by atoms with Crippen LogP contribution in [0.15, 0.2) is 28.7 Å². The van der Waals surface area contributed by atoms with Gasteiger partial charge in [-0.05, 0) is 31.5 Å². The number of aliphatic hydroxyl groups excluding tert-OH is 1. The van der Waals surface area contributed by atoms with E-state index >= 15 is 0 Å². The Morgan fingerprint density at radius 1 is 1.47 bits per heavy atom. The summed E-state index contributed by atoms with van der Waals surface area (Å²) in [5.41, 5.74) is 1.79. The fraction of sp³-hybridized carbons (Fsp3) is 0.308. The van der Waals surface area contributed by atoms with Crippen LogP contribution in [0, 0.1) is 6.92 Å². The number of carbonyl (C=O) groups is 1. The van der Waals surface area contributed by atoms with Crippen LogP contribution in [-0.4, -0.2) is 23.7 Å². The molecule has 1 amide bonds. The van der Waals surface area contributed by atoms with Crippen molar-refractivity contribution in [2.75, 3.05) is 6.54 Å². The Balaban J connectivity index is 2.21. The minimum atomic E-state index is -0.564. The molecule has 2 N–H and O–H groups in total. The summed E-state index contributed by atoms with van der Waals surface area (Å²) in [5, 5.41) is 12.6. The standard InChI is InChI=1S/C13H15NO3/c1-8-3-4-10-6-12(17-11(10)5-8)13(16)14-7-9(2)15/h3-6,9,15H,7H2,1-2H3,(H,14,16). The van der Waals surface area contributed by atoms with Crippen LogP contribution >= 0.6 is 0 Å². The number of aliphatic hydroxyl groups is 1. The third-order valence-electron chi connectivity index (χ3n) is 2.46. The number of hydrogen-bond acceptors (Lipinski definition) is 3. The minimum absolute atomic E-state index is 0.217. The van der Waals surface area contributed by atoms with Crippen LogP contribution in [-0.2, 0) is 0 Å². The van der Waals surface area contributed by atoms with Gasteiger partial charge in [-0.3, -0.25) is 4.79 Å². The van der Waals surface area contributed by atoms with Gasteiger partial charge in [-0.25, -0.2) is 0 Å². The van der Waals surface area contributed by atoms with Gasteiger partial charge in [0.25, 0.3) is 5.91 Å². The SMILES string of the molecule is Cc1ccc2cc(C(=O)NCC(C)O)oc2c1. The van der Waals surface area contributed by atoms with Crippen molar-refractivity contribution in [2.24, 2.45) is 0 Å². The zero-order valence-electron chi connectivity index (χ0n) is 9.86. The number of rotatable bonds is 3.